The fourth-order valence-corrected chi connectivity index (χ4v) is 2.38. The number of para-hydroxylation sites is 1. The SMILES string of the molecule is Clc1ccc(CNCc2cccc3cccnc23)cc1. The number of rotatable bonds is 4. The van der Waals surface area contributed by atoms with E-state index in [0.717, 1.165) is 23.6 Å². The van der Waals surface area contributed by atoms with Gasteiger partial charge in [-0.15, -0.1) is 0 Å². The summed E-state index contributed by atoms with van der Waals surface area (Å²) in [6.07, 6.45) is 1.84. The topological polar surface area (TPSA) is 24.9 Å². The van der Waals surface area contributed by atoms with E-state index in [-0.39, 0.29) is 0 Å². The van der Waals surface area contributed by atoms with Gasteiger partial charge in [-0.3, -0.25) is 4.98 Å². The third kappa shape index (κ3) is 2.98. The van der Waals surface area contributed by atoms with E-state index < -0.39 is 0 Å². The van der Waals surface area contributed by atoms with E-state index in [1.54, 1.807) is 0 Å². The molecule has 2 aromatic carbocycles. The Morgan fingerprint density at radius 2 is 1.70 bits per heavy atom. The summed E-state index contributed by atoms with van der Waals surface area (Å²) < 4.78 is 0. The van der Waals surface area contributed by atoms with Crippen molar-refractivity contribution in [3.63, 3.8) is 0 Å². The summed E-state index contributed by atoms with van der Waals surface area (Å²) in [5, 5.41) is 5.40. The Morgan fingerprint density at radius 3 is 2.55 bits per heavy atom. The van der Waals surface area contributed by atoms with Gasteiger partial charge in [0, 0.05) is 29.7 Å². The third-order valence-corrected chi connectivity index (χ3v) is 3.53. The van der Waals surface area contributed by atoms with Gasteiger partial charge < -0.3 is 5.32 Å². The fraction of sp³-hybridized carbons (Fsp3) is 0.118. The fourth-order valence-electron chi connectivity index (χ4n) is 2.25. The van der Waals surface area contributed by atoms with Gasteiger partial charge in [-0.05, 0) is 29.3 Å². The molecular formula is C17H15ClN2. The van der Waals surface area contributed by atoms with E-state index in [9.17, 15) is 0 Å². The monoisotopic (exact) mass is 282 g/mol. The van der Waals surface area contributed by atoms with Crippen molar-refractivity contribution < 1.29 is 0 Å². The molecular weight excluding hydrogens is 268 g/mol. The number of nitrogens with one attached hydrogen (secondary N) is 1. The minimum atomic E-state index is 0.770. The van der Waals surface area contributed by atoms with Crippen LogP contribution < -0.4 is 5.32 Å². The Balaban J connectivity index is 1.69. The molecule has 2 nitrogen and oxygen atoms in total. The zero-order valence-electron chi connectivity index (χ0n) is 11.0. The maximum atomic E-state index is 5.88. The smallest absolute Gasteiger partial charge is 0.0746 e. The predicted molar refractivity (Wildman–Crippen MR) is 83.7 cm³/mol. The molecule has 1 heterocycles. The van der Waals surface area contributed by atoms with E-state index in [4.69, 9.17) is 11.6 Å². The van der Waals surface area contributed by atoms with Crippen molar-refractivity contribution in [1.82, 2.24) is 10.3 Å². The average Bonchev–Trinajstić information content (AvgIpc) is 2.49. The molecule has 0 saturated carbocycles. The molecule has 0 aliphatic carbocycles. The Bertz CT molecular complexity index is 702. The molecule has 0 saturated heterocycles. The lowest BCUT2D eigenvalue weighted by Gasteiger charge is -2.07. The van der Waals surface area contributed by atoms with Crippen molar-refractivity contribution in [1.29, 1.82) is 0 Å². The molecule has 1 N–H and O–H groups in total. The molecule has 3 aromatic rings. The van der Waals surface area contributed by atoms with Crippen molar-refractivity contribution in [2.24, 2.45) is 0 Å². The maximum absolute atomic E-state index is 5.88. The van der Waals surface area contributed by atoms with Crippen LogP contribution in [-0.4, -0.2) is 4.98 Å². The van der Waals surface area contributed by atoms with Gasteiger partial charge in [-0.1, -0.05) is 48.0 Å². The third-order valence-electron chi connectivity index (χ3n) is 3.27. The van der Waals surface area contributed by atoms with Gasteiger partial charge in [0.05, 0.1) is 5.52 Å². The average molecular weight is 283 g/mol. The first-order chi connectivity index (χ1) is 9.83. The zero-order valence-corrected chi connectivity index (χ0v) is 11.8. The number of benzene rings is 2. The molecule has 0 bridgehead atoms. The van der Waals surface area contributed by atoms with Crippen LogP contribution >= 0.6 is 11.6 Å². The van der Waals surface area contributed by atoms with Gasteiger partial charge in [0.2, 0.25) is 0 Å². The number of halogens is 1. The molecule has 20 heavy (non-hydrogen) atoms. The van der Waals surface area contributed by atoms with E-state index in [2.05, 4.69) is 34.6 Å². The van der Waals surface area contributed by atoms with Crippen molar-refractivity contribution in [2.75, 3.05) is 0 Å². The van der Waals surface area contributed by atoms with Gasteiger partial charge >= 0.3 is 0 Å². The Kier molecular flexibility index (Phi) is 3.95. The lowest BCUT2D eigenvalue weighted by atomic mass is 10.1. The quantitative estimate of drug-likeness (QED) is 0.776. The minimum absolute atomic E-state index is 0.770. The standard InChI is InChI=1S/C17H15ClN2/c18-16-8-6-13(7-9-16)11-19-12-15-4-1-3-14-5-2-10-20-17(14)15/h1-10,19H,11-12H2. The summed E-state index contributed by atoms with van der Waals surface area (Å²) in [5.74, 6) is 0. The highest BCUT2D eigenvalue weighted by Gasteiger charge is 2.01. The molecule has 0 aliphatic heterocycles. The second-order valence-corrected chi connectivity index (χ2v) is 5.16. The number of nitrogens with zero attached hydrogens (tertiary/aromatic N) is 1. The summed E-state index contributed by atoms with van der Waals surface area (Å²) >= 11 is 5.88. The highest BCUT2D eigenvalue weighted by molar-refractivity contribution is 6.30. The molecule has 1 aromatic heterocycles. The van der Waals surface area contributed by atoms with Gasteiger partial charge in [0.1, 0.15) is 0 Å². The van der Waals surface area contributed by atoms with Crippen LogP contribution in [-0.2, 0) is 13.1 Å². The van der Waals surface area contributed by atoms with Gasteiger partial charge in [0.25, 0.3) is 0 Å². The Hall–Kier alpha value is -1.90. The van der Waals surface area contributed by atoms with E-state index in [0.29, 0.717) is 0 Å². The summed E-state index contributed by atoms with van der Waals surface area (Å²) in [5.41, 5.74) is 3.51. The summed E-state index contributed by atoms with van der Waals surface area (Å²) in [6, 6.07) is 18.2. The molecule has 3 heteroatoms. The van der Waals surface area contributed by atoms with Gasteiger partial charge in [-0.25, -0.2) is 0 Å². The molecule has 0 unspecified atom stereocenters. The van der Waals surface area contributed by atoms with Crippen LogP contribution in [0.2, 0.25) is 5.02 Å². The van der Waals surface area contributed by atoms with Crippen LogP contribution in [0, 0.1) is 0 Å². The number of aromatic nitrogens is 1. The van der Waals surface area contributed by atoms with E-state index in [1.807, 2.05) is 36.5 Å². The van der Waals surface area contributed by atoms with Gasteiger partial charge in [-0.2, -0.15) is 0 Å². The second kappa shape index (κ2) is 6.04. The normalized spacial score (nSPS) is 10.8. The molecule has 0 radical (unpaired) electrons. The summed E-state index contributed by atoms with van der Waals surface area (Å²) in [6.45, 7) is 1.62. The molecule has 0 fully saturated rings. The van der Waals surface area contributed by atoms with Crippen molar-refractivity contribution in [3.05, 3.63) is 76.9 Å². The second-order valence-electron chi connectivity index (χ2n) is 4.72. The van der Waals surface area contributed by atoms with Crippen LogP contribution in [0.25, 0.3) is 10.9 Å². The maximum Gasteiger partial charge on any atom is 0.0746 e. The molecule has 0 amide bonds. The first-order valence-electron chi connectivity index (χ1n) is 6.61. The molecule has 0 atom stereocenters. The highest BCUT2D eigenvalue weighted by Crippen LogP contribution is 2.16. The molecule has 100 valence electrons. The number of pyridine rings is 1. The largest absolute Gasteiger partial charge is 0.309 e. The first kappa shape index (κ1) is 13.1. The van der Waals surface area contributed by atoms with Crippen LogP contribution in [0.4, 0.5) is 0 Å². The molecule has 3 rings (SSSR count). The molecule has 0 spiro atoms. The van der Waals surface area contributed by atoms with Crippen molar-refractivity contribution >= 4 is 22.5 Å². The predicted octanol–water partition coefficient (Wildman–Crippen LogP) is 4.18. The highest BCUT2D eigenvalue weighted by atomic mass is 35.5. The lowest BCUT2D eigenvalue weighted by Crippen LogP contribution is -2.13. The van der Waals surface area contributed by atoms with E-state index in [1.165, 1.54) is 16.5 Å². The van der Waals surface area contributed by atoms with E-state index >= 15 is 0 Å². The zero-order chi connectivity index (χ0) is 13.8. The summed E-state index contributed by atoms with van der Waals surface area (Å²) in [7, 11) is 0. The Labute approximate surface area is 123 Å². The number of hydrogen-bond donors (Lipinski definition) is 1. The minimum Gasteiger partial charge on any atom is -0.309 e. The van der Waals surface area contributed by atoms with Crippen molar-refractivity contribution in [3.8, 4) is 0 Å². The number of hydrogen-bond acceptors (Lipinski definition) is 2. The van der Waals surface area contributed by atoms with Crippen molar-refractivity contribution in [2.45, 2.75) is 13.1 Å². The van der Waals surface area contributed by atoms with Crippen LogP contribution in [0.15, 0.2) is 60.8 Å². The number of fused-ring (bicyclic) bond motifs is 1. The van der Waals surface area contributed by atoms with Gasteiger partial charge in [0.15, 0.2) is 0 Å². The Morgan fingerprint density at radius 1 is 0.900 bits per heavy atom. The van der Waals surface area contributed by atoms with Crippen LogP contribution in [0.1, 0.15) is 11.1 Å². The van der Waals surface area contributed by atoms with Crippen LogP contribution in [0.3, 0.4) is 0 Å². The molecule has 0 aliphatic rings. The first-order valence-corrected chi connectivity index (χ1v) is 6.98. The van der Waals surface area contributed by atoms with Crippen LogP contribution in [0.5, 0.6) is 0 Å². The lowest BCUT2D eigenvalue weighted by molar-refractivity contribution is 0.696. The summed E-state index contributed by atoms with van der Waals surface area (Å²) in [4.78, 5) is 4.46.